The molecule has 2 heterocycles. The fourth-order valence-corrected chi connectivity index (χ4v) is 3.40. The maximum atomic E-state index is 6.27. The first-order valence-electron chi connectivity index (χ1n) is 7.47. The van der Waals surface area contributed by atoms with E-state index in [0.717, 1.165) is 42.0 Å². The molecule has 2 aromatic rings. The normalized spacial score (nSPS) is 21.5. The van der Waals surface area contributed by atoms with Crippen LogP contribution in [0.3, 0.4) is 0 Å². The Hall–Kier alpha value is -0.870. The molecule has 1 aliphatic heterocycles. The summed E-state index contributed by atoms with van der Waals surface area (Å²) in [5.74, 6) is 0. The third-order valence-corrected chi connectivity index (χ3v) is 4.91. The number of hydrogen-bond donors (Lipinski definition) is 1. The van der Waals surface area contributed by atoms with Crippen molar-refractivity contribution < 1.29 is 0 Å². The number of halogens is 2. The van der Waals surface area contributed by atoms with Crippen LogP contribution < -0.4 is 5.73 Å². The molecular weight excluding hydrogens is 317 g/mol. The highest BCUT2D eigenvalue weighted by Gasteiger charge is 2.33. The van der Waals surface area contributed by atoms with Gasteiger partial charge in [-0.2, -0.15) is 0 Å². The van der Waals surface area contributed by atoms with Crippen molar-refractivity contribution in [1.29, 1.82) is 0 Å². The highest BCUT2D eigenvalue weighted by Crippen LogP contribution is 2.30. The van der Waals surface area contributed by atoms with E-state index in [1.807, 2.05) is 24.4 Å². The van der Waals surface area contributed by atoms with Crippen LogP contribution in [0.4, 0.5) is 0 Å². The first kappa shape index (κ1) is 17.5. The molecule has 0 bridgehead atoms. The molecule has 1 atom stereocenters. The van der Waals surface area contributed by atoms with Gasteiger partial charge in [0.05, 0.1) is 5.52 Å². The topological polar surface area (TPSA) is 42.2 Å². The highest BCUT2D eigenvalue weighted by molar-refractivity contribution is 6.35. The van der Waals surface area contributed by atoms with Crippen molar-refractivity contribution >= 4 is 34.9 Å². The second-order valence-corrected chi connectivity index (χ2v) is 7.11. The van der Waals surface area contributed by atoms with Gasteiger partial charge in [0, 0.05) is 42.3 Å². The van der Waals surface area contributed by atoms with Gasteiger partial charge in [0.15, 0.2) is 0 Å². The molecule has 0 amide bonds. The van der Waals surface area contributed by atoms with E-state index < -0.39 is 0 Å². The van der Waals surface area contributed by atoms with E-state index in [4.69, 9.17) is 17.3 Å². The van der Waals surface area contributed by atoms with Crippen LogP contribution in [-0.2, 0) is 6.54 Å². The Labute approximate surface area is 143 Å². The summed E-state index contributed by atoms with van der Waals surface area (Å²) in [6, 6.07) is 8.32. The van der Waals surface area contributed by atoms with Crippen molar-refractivity contribution in [3.8, 4) is 0 Å². The molecule has 1 unspecified atom stereocenters. The van der Waals surface area contributed by atoms with Crippen LogP contribution in [-0.4, -0.2) is 29.0 Å². The summed E-state index contributed by atoms with van der Waals surface area (Å²) in [5, 5.41) is 1.80. The number of likely N-dealkylation sites (tertiary alicyclic amines) is 1. The SMILES string of the molecule is CC1(C)CN(Cc2ccc(Cl)c3cccnc23)CCC1N.Cl. The van der Waals surface area contributed by atoms with Crippen molar-refractivity contribution in [2.45, 2.75) is 32.9 Å². The van der Waals surface area contributed by atoms with Crippen molar-refractivity contribution in [2.75, 3.05) is 13.1 Å². The zero-order valence-electron chi connectivity index (χ0n) is 13.1. The second-order valence-electron chi connectivity index (χ2n) is 6.70. The largest absolute Gasteiger partial charge is 0.327 e. The van der Waals surface area contributed by atoms with Crippen molar-refractivity contribution in [1.82, 2.24) is 9.88 Å². The Balaban J connectivity index is 0.00000176. The summed E-state index contributed by atoms with van der Waals surface area (Å²) in [4.78, 5) is 7.00. The molecule has 0 aliphatic carbocycles. The summed E-state index contributed by atoms with van der Waals surface area (Å²) in [5.41, 5.74) is 8.63. The summed E-state index contributed by atoms with van der Waals surface area (Å²) in [7, 11) is 0. The molecule has 1 aliphatic rings. The van der Waals surface area contributed by atoms with Gasteiger partial charge in [-0.25, -0.2) is 0 Å². The van der Waals surface area contributed by atoms with Crippen LogP contribution in [0.2, 0.25) is 5.02 Å². The van der Waals surface area contributed by atoms with Gasteiger partial charge >= 0.3 is 0 Å². The van der Waals surface area contributed by atoms with Gasteiger partial charge in [0.2, 0.25) is 0 Å². The Morgan fingerprint density at radius 1 is 1.36 bits per heavy atom. The van der Waals surface area contributed by atoms with E-state index in [0.29, 0.717) is 0 Å². The van der Waals surface area contributed by atoms with Gasteiger partial charge in [0.25, 0.3) is 0 Å². The van der Waals surface area contributed by atoms with Crippen LogP contribution in [0.15, 0.2) is 30.5 Å². The number of benzene rings is 1. The van der Waals surface area contributed by atoms with Crippen LogP contribution in [0.1, 0.15) is 25.8 Å². The summed E-state index contributed by atoms with van der Waals surface area (Å²) in [6.07, 6.45) is 2.88. The van der Waals surface area contributed by atoms with Gasteiger partial charge in [-0.15, -0.1) is 12.4 Å². The lowest BCUT2D eigenvalue weighted by Gasteiger charge is -2.42. The number of nitrogens with two attached hydrogens (primary N) is 1. The molecule has 0 saturated carbocycles. The monoisotopic (exact) mass is 339 g/mol. The lowest BCUT2D eigenvalue weighted by molar-refractivity contribution is 0.0901. The molecule has 22 heavy (non-hydrogen) atoms. The third-order valence-electron chi connectivity index (χ3n) is 4.59. The number of piperidine rings is 1. The summed E-state index contributed by atoms with van der Waals surface area (Å²) in [6.45, 7) is 7.47. The van der Waals surface area contributed by atoms with Gasteiger partial charge in [0.1, 0.15) is 0 Å². The maximum Gasteiger partial charge on any atom is 0.0761 e. The summed E-state index contributed by atoms with van der Waals surface area (Å²) < 4.78 is 0. The van der Waals surface area contributed by atoms with Crippen LogP contribution >= 0.6 is 24.0 Å². The average Bonchev–Trinajstić information content (AvgIpc) is 2.46. The molecule has 5 heteroatoms. The maximum absolute atomic E-state index is 6.27. The highest BCUT2D eigenvalue weighted by atomic mass is 35.5. The Kier molecular flexibility index (Phi) is 5.33. The van der Waals surface area contributed by atoms with Crippen LogP contribution in [0.5, 0.6) is 0 Å². The van der Waals surface area contributed by atoms with Crippen LogP contribution in [0, 0.1) is 5.41 Å². The number of nitrogens with zero attached hydrogens (tertiary/aromatic N) is 2. The van der Waals surface area contributed by atoms with Gasteiger partial charge < -0.3 is 5.73 Å². The average molecular weight is 340 g/mol. The molecule has 0 spiro atoms. The standard InChI is InChI=1S/C17H22ClN3.ClH/c1-17(2)11-21(9-7-15(17)19)10-12-5-6-14(18)13-4-3-8-20-16(12)13;/h3-6,8,15H,7,9-11,19H2,1-2H3;1H. The minimum atomic E-state index is 0. The van der Waals surface area contributed by atoms with Crippen molar-refractivity contribution in [2.24, 2.45) is 11.1 Å². The number of fused-ring (bicyclic) bond motifs is 1. The fourth-order valence-electron chi connectivity index (χ4n) is 3.18. The molecule has 1 fully saturated rings. The number of aromatic nitrogens is 1. The molecular formula is C17H23Cl2N3. The van der Waals surface area contributed by atoms with Gasteiger partial charge in [-0.1, -0.05) is 31.5 Å². The second kappa shape index (κ2) is 6.71. The number of hydrogen-bond acceptors (Lipinski definition) is 3. The van der Waals surface area contributed by atoms with Gasteiger partial charge in [-0.05, 0) is 35.6 Å². The predicted octanol–water partition coefficient (Wildman–Crippen LogP) is 3.87. The first-order valence-corrected chi connectivity index (χ1v) is 7.85. The van der Waals surface area contributed by atoms with Crippen molar-refractivity contribution in [3.05, 3.63) is 41.0 Å². The number of pyridine rings is 1. The van der Waals surface area contributed by atoms with E-state index in [9.17, 15) is 0 Å². The Bertz CT molecular complexity index is 657. The molecule has 3 rings (SSSR count). The zero-order valence-corrected chi connectivity index (χ0v) is 14.6. The molecule has 3 nitrogen and oxygen atoms in total. The predicted molar refractivity (Wildman–Crippen MR) is 95.7 cm³/mol. The number of rotatable bonds is 2. The zero-order chi connectivity index (χ0) is 15.0. The molecule has 120 valence electrons. The van der Waals surface area contributed by atoms with Crippen LogP contribution in [0.25, 0.3) is 10.9 Å². The Morgan fingerprint density at radius 2 is 2.14 bits per heavy atom. The molecule has 1 aromatic carbocycles. The third kappa shape index (κ3) is 3.38. The van der Waals surface area contributed by atoms with E-state index in [-0.39, 0.29) is 23.9 Å². The summed E-state index contributed by atoms with van der Waals surface area (Å²) >= 11 is 6.27. The smallest absolute Gasteiger partial charge is 0.0761 e. The molecule has 1 saturated heterocycles. The van der Waals surface area contributed by atoms with E-state index in [2.05, 4.69) is 29.8 Å². The minimum Gasteiger partial charge on any atom is -0.327 e. The lowest BCUT2D eigenvalue weighted by atomic mass is 9.79. The quantitative estimate of drug-likeness (QED) is 0.902. The lowest BCUT2D eigenvalue weighted by Crippen LogP contribution is -2.52. The van der Waals surface area contributed by atoms with Crippen molar-refractivity contribution in [3.63, 3.8) is 0 Å². The first-order chi connectivity index (χ1) is 9.97. The van der Waals surface area contributed by atoms with E-state index >= 15 is 0 Å². The fraction of sp³-hybridized carbons (Fsp3) is 0.471. The van der Waals surface area contributed by atoms with Gasteiger partial charge in [-0.3, -0.25) is 9.88 Å². The molecule has 1 aromatic heterocycles. The van der Waals surface area contributed by atoms with E-state index in [1.165, 1.54) is 5.56 Å². The molecule has 2 N–H and O–H groups in total. The minimum absolute atomic E-state index is 0. The Morgan fingerprint density at radius 3 is 2.86 bits per heavy atom. The molecule has 0 radical (unpaired) electrons. The van der Waals surface area contributed by atoms with E-state index in [1.54, 1.807) is 0 Å².